The summed E-state index contributed by atoms with van der Waals surface area (Å²) in [5, 5.41) is 3.42. The number of amides is 1. The fourth-order valence-corrected chi connectivity index (χ4v) is 3.96. The predicted octanol–water partition coefficient (Wildman–Crippen LogP) is 6.38. The second-order valence-corrected chi connectivity index (χ2v) is 10.0. The third-order valence-electron chi connectivity index (χ3n) is 5.42. The van der Waals surface area contributed by atoms with E-state index in [4.69, 9.17) is 9.15 Å². The van der Waals surface area contributed by atoms with Gasteiger partial charge in [-0.3, -0.25) is 0 Å². The Bertz CT molecular complexity index is 1060. The van der Waals surface area contributed by atoms with Crippen LogP contribution in [-0.4, -0.2) is 42.8 Å². The molecule has 1 aliphatic heterocycles. The monoisotopic (exact) mass is 511 g/mol. The second kappa shape index (κ2) is 9.91. The van der Waals surface area contributed by atoms with Crippen LogP contribution in [0.15, 0.2) is 69.6 Å². The molecular weight excluding hydrogens is 482 g/mol. The number of piperazine rings is 1. The van der Waals surface area contributed by atoms with E-state index in [1.54, 1.807) is 4.90 Å². The van der Waals surface area contributed by atoms with Crippen LogP contribution in [0, 0.1) is 0 Å². The molecule has 2 heterocycles. The Hall–Kier alpha value is -2.93. The largest absolute Gasteiger partial charge is 0.459 e. The molecule has 4 rings (SSSR count). The van der Waals surface area contributed by atoms with Gasteiger partial charge in [-0.1, -0.05) is 28.1 Å². The molecule has 0 unspecified atom stereocenters. The number of carbonyl (C=O) groups excluding carboxylic acids is 1. The van der Waals surface area contributed by atoms with Gasteiger partial charge < -0.3 is 24.3 Å². The van der Waals surface area contributed by atoms with E-state index < -0.39 is 5.60 Å². The Labute approximate surface area is 203 Å². The van der Waals surface area contributed by atoms with E-state index in [0.717, 1.165) is 46.0 Å². The predicted molar refractivity (Wildman–Crippen MR) is 136 cm³/mol. The van der Waals surface area contributed by atoms with Crippen molar-refractivity contribution < 1.29 is 13.9 Å². The Morgan fingerprint density at radius 2 is 1.64 bits per heavy atom. The number of nitrogens with zero attached hydrogens (tertiary/aromatic N) is 2. The number of nitrogens with one attached hydrogen (secondary N) is 1. The molecule has 6 nitrogen and oxygen atoms in total. The highest BCUT2D eigenvalue weighted by Crippen LogP contribution is 2.25. The molecule has 0 aliphatic carbocycles. The van der Waals surface area contributed by atoms with Gasteiger partial charge in [0, 0.05) is 47.6 Å². The van der Waals surface area contributed by atoms with Gasteiger partial charge in [0.1, 0.15) is 17.1 Å². The van der Waals surface area contributed by atoms with Crippen LogP contribution in [0.4, 0.5) is 16.2 Å². The molecular formula is C26H30BrN3O3. The Balaban J connectivity index is 1.27. The standard InChI is InChI=1S/C26H30BrN3O3/c1-26(2,3)33-25(31)30-16-14-29(15-17-30)22-10-8-21(9-11-22)28-18-23-12-13-24(32-23)19-4-6-20(27)7-5-19/h4-13,28H,14-18H2,1-3H3. The first-order valence-electron chi connectivity index (χ1n) is 11.2. The van der Waals surface area contributed by atoms with Crippen LogP contribution in [0.25, 0.3) is 11.3 Å². The summed E-state index contributed by atoms with van der Waals surface area (Å²) in [6.45, 7) is 9.19. The van der Waals surface area contributed by atoms with Crippen molar-refractivity contribution in [2.24, 2.45) is 0 Å². The van der Waals surface area contributed by atoms with Gasteiger partial charge in [0.05, 0.1) is 6.54 Å². The van der Waals surface area contributed by atoms with Crippen molar-refractivity contribution in [1.82, 2.24) is 4.90 Å². The quantitative estimate of drug-likeness (QED) is 0.430. The summed E-state index contributed by atoms with van der Waals surface area (Å²) in [5.41, 5.74) is 2.78. The molecule has 1 aromatic heterocycles. The SMILES string of the molecule is CC(C)(C)OC(=O)N1CCN(c2ccc(NCc3ccc(-c4ccc(Br)cc4)o3)cc2)CC1. The Morgan fingerprint density at radius 3 is 2.27 bits per heavy atom. The Kier molecular flexibility index (Phi) is 6.98. The van der Waals surface area contributed by atoms with E-state index in [9.17, 15) is 4.79 Å². The van der Waals surface area contributed by atoms with Crippen LogP contribution < -0.4 is 10.2 Å². The number of halogens is 1. The molecule has 0 radical (unpaired) electrons. The smallest absolute Gasteiger partial charge is 0.410 e. The number of benzene rings is 2. The average Bonchev–Trinajstić information content (AvgIpc) is 3.27. The molecule has 3 aromatic rings. The van der Waals surface area contributed by atoms with E-state index >= 15 is 0 Å². The summed E-state index contributed by atoms with van der Waals surface area (Å²) < 4.78 is 12.5. The molecule has 2 aromatic carbocycles. The maximum atomic E-state index is 12.3. The minimum atomic E-state index is -0.465. The summed E-state index contributed by atoms with van der Waals surface area (Å²) in [5.74, 6) is 1.75. The van der Waals surface area contributed by atoms with E-state index in [0.29, 0.717) is 19.6 Å². The van der Waals surface area contributed by atoms with E-state index in [-0.39, 0.29) is 6.09 Å². The lowest BCUT2D eigenvalue weighted by atomic mass is 10.2. The molecule has 0 saturated carbocycles. The number of furan rings is 1. The van der Waals surface area contributed by atoms with Gasteiger partial charge in [0.25, 0.3) is 0 Å². The molecule has 7 heteroatoms. The molecule has 174 valence electrons. The first-order valence-corrected chi connectivity index (χ1v) is 12.0. The van der Waals surface area contributed by atoms with Crippen LogP contribution in [-0.2, 0) is 11.3 Å². The fraction of sp³-hybridized carbons (Fsp3) is 0.346. The number of ether oxygens (including phenoxy) is 1. The van der Waals surface area contributed by atoms with Crippen molar-refractivity contribution in [2.75, 3.05) is 36.4 Å². The van der Waals surface area contributed by atoms with Gasteiger partial charge in [-0.05, 0) is 69.3 Å². The van der Waals surface area contributed by atoms with E-state index in [1.807, 2.05) is 57.2 Å². The van der Waals surface area contributed by atoms with Gasteiger partial charge in [-0.2, -0.15) is 0 Å². The summed E-state index contributed by atoms with van der Waals surface area (Å²) in [6, 6.07) is 20.5. The van der Waals surface area contributed by atoms with Gasteiger partial charge in [-0.25, -0.2) is 4.79 Å². The lowest BCUT2D eigenvalue weighted by molar-refractivity contribution is 0.0240. The molecule has 0 spiro atoms. The second-order valence-electron chi connectivity index (χ2n) is 9.13. The number of rotatable bonds is 5. The lowest BCUT2D eigenvalue weighted by Gasteiger charge is -2.36. The number of hydrogen-bond acceptors (Lipinski definition) is 5. The summed E-state index contributed by atoms with van der Waals surface area (Å²) in [7, 11) is 0. The van der Waals surface area contributed by atoms with Crippen LogP contribution in [0.3, 0.4) is 0 Å². The zero-order valence-corrected chi connectivity index (χ0v) is 20.9. The Morgan fingerprint density at radius 1 is 0.970 bits per heavy atom. The van der Waals surface area contributed by atoms with Crippen molar-refractivity contribution in [3.8, 4) is 11.3 Å². The van der Waals surface area contributed by atoms with Crippen molar-refractivity contribution in [2.45, 2.75) is 32.9 Å². The molecule has 1 fully saturated rings. The zero-order valence-electron chi connectivity index (χ0n) is 19.3. The number of anilines is 2. The fourth-order valence-electron chi connectivity index (χ4n) is 3.70. The maximum Gasteiger partial charge on any atom is 0.410 e. The molecule has 1 amide bonds. The lowest BCUT2D eigenvalue weighted by Crippen LogP contribution is -2.50. The molecule has 1 aliphatic rings. The molecule has 0 bridgehead atoms. The van der Waals surface area contributed by atoms with E-state index in [1.165, 1.54) is 0 Å². The van der Waals surface area contributed by atoms with Crippen molar-refractivity contribution in [3.05, 3.63) is 70.9 Å². The molecule has 1 saturated heterocycles. The highest BCUT2D eigenvalue weighted by Gasteiger charge is 2.25. The van der Waals surface area contributed by atoms with Crippen molar-refractivity contribution >= 4 is 33.4 Å². The minimum absolute atomic E-state index is 0.233. The summed E-state index contributed by atoms with van der Waals surface area (Å²) in [4.78, 5) is 16.3. The van der Waals surface area contributed by atoms with Crippen LogP contribution >= 0.6 is 15.9 Å². The third kappa shape index (κ3) is 6.32. The maximum absolute atomic E-state index is 12.3. The average molecular weight is 512 g/mol. The van der Waals surface area contributed by atoms with Crippen molar-refractivity contribution in [1.29, 1.82) is 0 Å². The third-order valence-corrected chi connectivity index (χ3v) is 5.95. The molecule has 1 N–H and O–H groups in total. The first-order chi connectivity index (χ1) is 15.8. The number of carbonyl (C=O) groups is 1. The van der Waals surface area contributed by atoms with Crippen LogP contribution in [0.2, 0.25) is 0 Å². The highest BCUT2D eigenvalue weighted by atomic mass is 79.9. The van der Waals surface area contributed by atoms with Crippen LogP contribution in [0.1, 0.15) is 26.5 Å². The van der Waals surface area contributed by atoms with Crippen molar-refractivity contribution in [3.63, 3.8) is 0 Å². The summed E-state index contributed by atoms with van der Waals surface area (Å²) in [6.07, 6.45) is -0.233. The van der Waals surface area contributed by atoms with Gasteiger partial charge in [0.2, 0.25) is 0 Å². The molecule has 33 heavy (non-hydrogen) atoms. The number of hydrogen-bond donors (Lipinski definition) is 1. The van der Waals surface area contributed by atoms with Gasteiger partial charge in [0.15, 0.2) is 0 Å². The van der Waals surface area contributed by atoms with Crippen LogP contribution in [0.5, 0.6) is 0 Å². The van der Waals surface area contributed by atoms with Gasteiger partial charge >= 0.3 is 6.09 Å². The zero-order chi connectivity index (χ0) is 23.4. The molecule has 0 atom stereocenters. The highest BCUT2D eigenvalue weighted by molar-refractivity contribution is 9.10. The first kappa shape index (κ1) is 23.2. The van der Waals surface area contributed by atoms with Gasteiger partial charge in [-0.15, -0.1) is 0 Å². The minimum Gasteiger partial charge on any atom is -0.459 e. The topological polar surface area (TPSA) is 58.0 Å². The normalized spacial score (nSPS) is 14.3. The van der Waals surface area contributed by atoms with E-state index in [2.05, 4.69) is 50.4 Å². The summed E-state index contributed by atoms with van der Waals surface area (Å²) >= 11 is 3.46.